The van der Waals surface area contributed by atoms with Crippen LogP contribution in [0.25, 0.3) is 0 Å². The summed E-state index contributed by atoms with van der Waals surface area (Å²) in [6.07, 6.45) is 0. The van der Waals surface area contributed by atoms with Crippen LogP contribution in [0.15, 0.2) is 33.9 Å². The molecular formula is C15H18FN3O4S. The van der Waals surface area contributed by atoms with Gasteiger partial charge in [0.25, 0.3) is 0 Å². The number of benzene rings is 1. The van der Waals surface area contributed by atoms with Gasteiger partial charge in [-0.15, -0.1) is 5.10 Å². The first-order valence-corrected chi connectivity index (χ1v) is 8.92. The number of sulfone groups is 1. The number of aromatic nitrogens is 2. The van der Waals surface area contributed by atoms with Gasteiger partial charge in [-0.2, -0.15) is 0 Å². The number of rotatable bonds is 6. The second-order valence-corrected chi connectivity index (χ2v) is 7.58. The fourth-order valence-electron chi connectivity index (χ4n) is 2.07. The van der Waals surface area contributed by atoms with E-state index in [2.05, 4.69) is 15.5 Å². The van der Waals surface area contributed by atoms with Crippen LogP contribution in [0.2, 0.25) is 0 Å². The lowest BCUT2D eigenvalue weighted by molar-refractivity contribution is -0.120. The lowest BCUT2D eigenvalue weighted by Gasteiger charge is -2.17. The third-order valence-corrected chi connectivity index (χ3v) is 4.66. The standard InChI is InChI=1S/C15H18FN3O4S/c1-9(2)13(17-10(3)20)14-18-19-15(23-14)24(21,22)8-11-4-6-12(16)7-5-11/h4-7,9,13H,8H2,1-3H3,(H,17,20)/t13-/m0/s1. The highest BCUT2D eigenvalue weighted by molar-refractivity contribution is 7.90. The molecule has 1 amide bonds. The third kappa shape index (κ3) is 4.38. The van der Waals surface area contributed by atoms with Gasteiger partial charge in [-0.3, -0.25) is 4.79 Å². The van der Waals surface area contributed by atoms with Gasteiger partial charge in [0.1, 0.15) is 11.9 Å². The van der Waals surface area contributed by atoms with Crippen molar-refractivity contribution in [2.24, 2.45) is 5.92 Å². The SMILES string of the molecule is CC(=O)N[C@H](c1nnc(S(=O)(=O)Cc2ccc(F)cc2)o1)C(C)C. The summed E-state index contributed by atoms with van der Waals surface area (Å²) in [5.74, 6) is -1.17. The number of hydrogen-bond donors (Lipinski definition) is 1. The summed E-state index contributed by atoms with van der Waals surface area (Å²) in [5, 5.41) is 9.44. The Kier molecular flexibility index (Phi) is 5.33. The molecule has 1 aromatic heterocycles. The Morgan fingerprint density at radius 2 is 1.88 bits per heavy atom. The van der Waals surface area contributed by atoms with Gasteiger partial charge in [0, 0.05) is 6.92 Å². The minimum atomic E-state index is -3.87. The van der Waals surface area contributed by atoms with Crippen molar-refractivity contribution in [1.29, 1.82) is 0 Å². The lowest BCUT2D eigenvalue weighted by Crippen LogP contribution is -2.30. The number of nitrogens with zero attached hydrogens (tertiary/aromatic N) is 2. The highest BCUT2D eigenvalue weighted by Gasteiger charge is 2.28. The van der Waals surface area contributed by atoms with Gasteiger partial charge in [-0.25, -0.2) is 12.8 Å². The smallest absolute Gasteiger partial charge is 0.335 e. The molecule has 0 spiro atoms. The fourth-order valence-corrected chi connectivity index (χ4v) is 3.20. The van der Waals surface area contributed by atoms with E-state index in [1.807, 2.05) is 13.8 Å². The number of hydrogen-bond acceptors (Lipinski definition) is 6. The molecule has 0 fully saturated rings. The normalized spacial score (nSPS) is 13.0. The number of amides is 1. The van der Waals surface area contributed by atoms with Gasteiger partial charge < -0.3 is 9.73 Å². The van der Waals surface area contributed by atoms with E-state index in [1.165, 1.54) is 31.2 Å². The molecule has 0 aliphatic heterocycles. The van der Waals surface area contributed by atoms with Crippen LogP contribution in [0.1, 0.15) is 38.3 Å². The van der Waals surface area contributed by atoms with Gasteiger partial charge in [0.05, 0.1) is 5.75 Å². The molecule has 1 N–H and O–H groups in total. The number of carbonyl (C=O) groups excluding carboxylic acids is 1. The Morgan fingerprint density at radius 3 is 2.42 bits per heavy atom. The summed E-state index contributed by atoms with van der Waals surface area (Å²) in [5.41, 5.74) is 0.401. The molecule has 2 rings (SSSR count). The Labute approximate surface area is 139 Å². The molecule has 0 aliphatic rings. The molecule has 7 nitrogen and oxygen atoms in total. The Balaban J connectivity index is 2.24. The first kappa shape index (κ1) is 18.1. The number of halogens is 1. The predicted molar refractivity (Wildman–Crippen MR) is 83.0 cm³/mol. The van der Waals surface area contributed by atoms with Crippen LogP contribution in [0.4, 0.5) is 4.39 Å². The van der Waals surface area contributed by atoms with Crippen molar-refractivity contribution in [3.63, 3.8) is 0 Å². The molecule has 0 bridgehead atoms. The van der Waals surface area contributed by atoms with Gasteiger partial charge >= 0.3 is 5.22 Å². The molecule has 24 heavy (non-hydrogen) atoms. The quantitative estimate of drug-likeness (QED) is 0.850. The highest BCUT2D eigenvalue weighted by Crippen LogP contribution is 2.23. The third-order valence-electron chi connectivity index (χ3n) is 3.25. The maximum absolute atomic E-state index is 12.9. The topological polar surface area (TPSA) is 102 Å². The van der Waals surface area contributed by atoms with E-state index in [0.717, 1.165) is 0 Å². The van der Waals surface area contributed by atoms with Crippen molar-refractivity contribution in [1.82, 2.24) is 15.5 Å². The van der Waals surface area contributed by atoms with Gasteiger partial charge in [-0.1, -0.05) is 31.1 Å². The molecule has 130 valence electrons. The van der Waals surface area contributed by atoms with Crippen LogP contribution >= 0.6 is 0 Å². The van der Waals surface area contributed by atoms with E-state index >= 15 is 0 Å². The zero-order chi connectivity index (χ0) is 17.9. The summed E-state index contributed by atoms with van der Waals surface area (Å²) < 4.78 is 42.8. The molecule has 1 aromatic carbocycles. The maximum Gasteiger partial charge on any atom is 0.335 e. The molecule has 1 heterocycles. The van der Waals surface area contributed by atoms with Gasteiger partial charge in [0.2, 0.25) is 21.6 Å². The van der Waals surface area contributed by atoms with Crippen molar-refractivity contribution in [3.05, 3.63) is 41.5 Å². The maximum atomic E-state index is 12.9. The summed E-state index contributed by atoms with van der Waals surface area (Å²) in [7, 11) is -3.87. The summed E-state index contributed by atoms with van der Waals surface area (Å²) in [4.78, 5) is 11.3. The summed E-state index contributed by atoms with van der Waals surface area (Å²) >= 11 is 0. The van der Waals surface area contributed by atoms with E-state index in [-0.39, 0.29) is 23.5 Å². The van der Waals surface area contributed by atoms with Crippen LogP contribution in [-0.2, 0) is 20.4 Å². The van der Waals surface area contributed by atoms with Gasteiger partial charge in [0.15, 0.2) is 0 Å². The molecule has 1 atom stereocenters. The monoisotopic (exact) mass is 355 g/mol. The highest BCUT2D eigenvalue weighted by atomic mass is 32.2. The van der Waals surface area contributed by atoms with Crippen molar-refractivity contribution >= 4 is 15.7 Å². The average molecular weight is 355 g/mol. The Morgan fingerprint density at radius 1 is 1.25 bits per heavy atom. The zero-order valence-electron chi connectivity index (χ0n) is 13.5. The molecule has 9 heteroatoms. The second kappa shape index (κ2) is 7.08. The summed E-state index contributed by atoms with van der Waals surface area (Å²) in [6.45, 7) is 5.01. The Bertz CT molecular complexity index is 815. The largest absolute Gasteiger partial charge is 0.410 e. The van der Waals surface area contributed by atoms with E-state index in [0.29, 0.717) is 5.56 Å². The molecule has 0 aliphatic carbocycles. The minimum Gasteiger partial charge on any atom is -0.410 e. The Hall–Kier alpha value is -2.29. The molecular weight excluding hydrogens is 337 g/mol. The molecule has 0 unspecified atom stereocenters. The minimum absolute atomic E-state index is 0.0258. The molecule has 0 saturated heterocycles. The van der Waals surface area contributed by atoms with Crippen molar-refractivity contribution in [3.8, 4) is 0 Å². The zero-order valence-corrected chi connectivity index (χ0v) is 14.3. The number of carbonyl (C=O) groups is 1. The molecule has 0 saturated carbocycles. The van der Waals surface area contributed by atoms with Gasteiger partial charge in [-0.05, 0) is 23.6 Å². The van der Waals surface area contributed by atoms with Crippen LogP contribution < -0.4 is 5.32 Å². The van der Waals surface area contributed by atoms with Crippen molar-refractivity contribution in [2.45, 2.75) is 37.8 Å². The fraction of sp³-hybridized carbons (Fsp3) is 0.400. The lowest BCUT2D eigenvalue weighted by atomic mass is 10.0. The van der Waals surface area contributed by atoms with Crippen molar-refractivity contribution < 1.29 is 22.0 Å². The first-order valence-electron chi connectivity index (χ1n) is 7.27. The van der Waals surface area contributed by atoms with E-state index in [4.69, 9.17) is 4.42 Å². The first-order chi connectivity index (χ1) is 11.2. The molecule has 0 radical (unpaired) electrons. The molecule has 2 aromatic rings. The summed E-state index contributed by atoms with van der Waals surface area (Å²) in [6, 6.07) is 4.52. The van der Waals surface area contributed by atoms with Crippen LogP contribution in [0.5, 0.6) is 0 Å². The van der Waals surface area contributed by atoms with E-state index < -0.39 is 26.9 Å². The van der Waals surface area contributed by atoms with Crippen molar-refractivity contribution in [2.75, 3.05) is 0 Å². The van der Waals surface area contributed by atoms with E-state index in [1.54, 1.807) is 0 Å². The predicted octanol–water partition coefficient (Wildman–Crippen LogP) is 2.02. The van der Waals surface area contributed by atoms with Crippen LogP contribution in [0.3, 0.4) is 0 Å². The number of nitrogens with one attached hydrogen (secondary N) is 1. The second-order valence-electron chi connectivity index (χ2n) is 5.71. The average Bonchev–Trinajstić information content (AvgIpc) is 2.97. The van der Waals surface area contributed by atoms with Crippen LogP contribution in [0, 0.1) is 11.7 Å². The van der Waals surface area contributed by atoms with E-state index in [9.17, 15) is 17.6 Å². The van der Waals surface area contributed by atoms with Crippen LogP contribution in [-0.4, -0.2) is 24.5 Å².